The second-order valence-corrected chi connectivity index (χ2v) is 7.04. The zero-order valence-corrected chi connectivity index (χ0v) is 14.9. The van der Waals surface area contributed by atoms with Crippen LogP contribution in [0.25, 0.3) is 5.82 Å². The lowest BCUT2D eigenvalue weighted by Crippen LogP contribution is -2.32. The quantitative estimate of drug-likeness (QED) is 0.730. The van der Waals surface area contributed by atoms with E-state index in [0.29, 0.717) is 17.9 Å². The molecule has 1 saturated carbocycles. The average Bonchev–Trinajstić information content (AvgIpc) is 3.03. The molecule has 0 bridgehead atoms. The van der Waals surface area contributed by atoms with E-state index in [1.54, 1.807) is 35.6 Å². The van der Waals surface area contributed by atoms with E-state index in [4.69, 9.17) is 0 Å². The van der Waals surface area contributed by atoms with Crippen molar-refractivity contribution >= 4 is 5.91 Å². The molecule has 4 rings (SSSR count). The van der Waals surface area contributed by atoms with E-state index in [-0.39, 0.29) is 11.3 Å². The molecular weight excluding hydrogens is 330 g/mol. The van der Waals surface area contributed by atoms with Gasteiger partial charge in [-0.25, -0.2) is 4.98 Å². The predicted molar refractivity (Wildman–Crippen MR) is 94.9 cm³/mol. The lowest BCUT2D eigenvalue weighted by molar-refractivity contribution is 0.0942. The van der Waals surface area contributed by atoms with Crippen molar-refractivity contribution in [3.8, 4) is 5.82 Å². The summed E-state index contributed by atoms with van der Waals surface area (Å²) in [6, 6.07) is 5.62. The molecule has 8 heteroatoms. The molecule has 26 heavy (non-hydrogen) atoms. The Morgan fingerprint density at radius 2 is 2.00 bits per heavy atom. The van der Waals surface area contributed by atoms with Crippen LogP contribution < -0.4 is 5.32 Å². The van der Waals surface area contributed by atoms with Crippen molar-refractivity contribution in [1.29, 1.82) is 0 Å². The van der Waals surface area contributed by atoms with E-state index in [1.165, 1.54) is 0 Å². The maximum Gasteiger partial charge on any atom is 0.252 e. The molecule has 8 nitrogen and oxygen atoms in total. The van der Waals surface area contributed by atoms with Gasteiger partial charge in [0.25, 0.3) is 5.91 Å². The van der Waals surface area contributed by atoms with Gasteiger partial charge in [-0.2, -0.15) is 5.10 Å². The Bertz CT molecular complexity index is 908. The summed E-state index contributed by atoms with van der Waals surface area (Å²) in [5.74, 6) is 0.571. The molecule has 0 aliphatic heterocycles. The van der Waals surface area contributed by atoms with E-state index in [0.717, 1.165) is 30.8 Å². The smallest absolute Gasteiger partial charge is 0.252 e. The first-order valence-corrected chi connectivity index (χ1v) is 8.65. The summed E-state index contributed by atoms with van der Waals surface area (Å²) in [6.45, 7) is 5.56. The van der Waals surface area contributed by atoms with Crippen LogP contribution in [0.4, 0.5) is 0 Å². The molecule has 1 aliphatic carbocycles. The maximum absolute atomic E-state index is 12.4. The van der Waals surface area contributed by atoms with Gasteiger partial charge in [-0.05, 0) is 44.9 Å². The number of pyridine rings is 1. The third-order valence-electron chi connectivity index (χ3n) is 4.86. The second kappa shape index (κ2) is 6.36. The normalized spacial score (nSPS) is 15.0. The minimum Gasteiger partial charge on any atom is -0.351 e. The monoisotopic (exact) mass is 351 g/mol. The first kappa shape index (κ1) is 16.4. The van der Waals surface area contributed by atoms with Gasteiger partial charge in [0.1, 0.15) is 18.5 Å². The SMILES string of the molecule is Cc1cc(C)n(CC2(CNC(=O)c3ccc(-n4cnnc4)nc3)CC2)n1. The number of nitrogens with one attached hydrogen (secondary N) is 1. The number of nitrogens with zero attached hydrogens (tertiary/aromatic N) is 6. The van der Waals surface area contributed by atoms with Crippen LogP contribution in [0.1, 0.15) is 34.6 Å². The number of hydrogen-bond acceptors (Lipinski definition) is 5. The van der Waals surface area contributed by atoms with Crippen molar-refractivity contribution in [3.63, 3.8) is 0 Å². The van der Waals surface area contributed by atoms with Crippen molar-refractivity contribution in [2.75, 3.05) is 6.54 Å². The molecule has 1 fully saturated rings. The van der Waals surface area contributed by atoms with Crippen LogP contribution >= 0.6 is 0 Å². The van der Waals surface area contributed by atoms with Crippen LogP contribution in [0.2, 0.25) is 0 Å². The largest absolute Gasteiger partial charge is 0.351 e. The highest BCUT2D eigenvalue weighted by molar-refractivity contribution is 5.94. The number of aryl methyl sites for hydroxylation is 2. The fraction of sp³-hybridized carbons (Fsp3) is 0.389. The number of rotatable bonds is 6. The first-order chi connectivity index (χ1) is 12.5. The number of amides is 1. The summed E-state index contributed by atoms with van der Waals surface area (Å²) < 4.78 is 3.74. The number of aromatic nitrogens is 6. The van der Waals surface area contributed by atoms with Crippen LogP contribution in [-0.4, -0.2) is 42.0 Å². The summed E-state index contributed by atoms with van der Waals surface area (Å²) in [7, 11) is 0. The molecule has 1 aliphatic rings. The number of hydrogen-bond donors (Lipinski definition) is 1. The standard InChI is InChI=1S/C18H21N7O/c1-13-7-14(2)25(23-13)10-18(5-6-18)9-20-17(26)15-3-4-16(19-8-15)24-11-21-22-12-24/h3-4,7-8,11-12H,5-6,9-10H2,1-2H3,(H,20,26). The molecule has 3 aromatic heterocycles. The molecule has 134 valence electrons. The highest BCUT2D eigenvalue weighted by Crippen LogP contribution is 2.46. The van der Waals surface area contributed by atoms with Crippen LogP contribution in [0.5, 0.6) is 0 Å². The summed E-state index contributed by atoms with van der Waals surface area (Å²) in [5, 5.41) is 15.1. The fourth-order valence-corrected chi connectivity index (χ4v) is 3.08. The number of carbonyl (C=O) groups excluding carboxylic acids is 1. The third kappa shape index (κ3) is 3.35. The number of carbonyl (C=O) groups is 1. The lowest BCUT2D eigenvalue weighted by atomic mass is 10.1. The van der Waals surface area contributed by atoms with Crippen LogP contribution in [0.15, 0.2) is 37.1 Å². The van der Waals surface area contributed by atoms with E-state index in [1.807, 2.05) is 11.6 Å². The summed E-state index contributed by atoms with van der Waals surface area (Å²) in [5.41, 5.74) is 2.86. The van der Waals surface area contributed by atoms with Gasteiger partial charge in [0.05, 0.1) is 11.3 Å². The highest BCUT2D eigenvalue weighted by Gasteiger charge is 2.43. The molecule has 0 spiro atoms. The van der Waals surface area contributed by atoms with Crippen LogP contribution in [0, 0.1) is 19.3 Å². The Morgan fingerprint density at radius 1 is 1.23 bits per heavy atom. The van der Waals surface area contributed by atoms with Crippen molar-refractivity contribution in [1.82, 2.24) is 34.8 Å². The summed E-state index contributed by atoms with van der Waals surface area (Å²) in [6.07, 6.45) is 6.92. The highest BCUT2D eigenvalue weighted by atomic mass is 16.1. The van der Waals surface area contributed by atoms with E-state index in [2.05, 4.69) is 38.6 Å². The second-order valence-electron chi connectivity index (χ2n) is 7.04. The van der Waals surface area contributed by atoms with Gasteiger partial charge in [-0.3, -0.25) is 14.0 Å². The summed E-state index contributed by atoms with van der Waals surface area (Å²) >= 11 is 0. The van der Waals surface area contributed by atoms with Crippen molar-refractivity contribution in [2.24, 2.45) is 5.41 Å². The van der Waals surface area contributed by atoms with Gasteiger partial charge < -0.3 is 5.32 Å². The van der Waals surface area contributed by atoms with Crippen LogP contribution in [0.3, 0.4) is 0 Å². The zero-order chi connectivity index (χ0) is 18.1. The van der Waals surface area contributed by atoms with Crippen LogP contribution in [-0.2, 0) is 6.54 Å². The molecule has 0 aromatic carbocycles. The molecule has 0 saturated heterocycles. The Kier molecular flexibility index (Phi) is 4.02. The summed E-state index contributed by atoms with van der Waals surface area (Å²) in [4.78, 5) is 16.7. The zero-order valence-electron chi connectivity index (χ0n) is 14.9. The molecule has 3 aromatic rings. The molecular formula is C18H21N7O. The van der Waals surface area contributed by atoms with Gasteiger partial charge in [-0.1, -0.05) is 0 Å². The van der Waals surface area contributed by atoms with Gasteiger partial charge in [0, 0.05) is 30.4 Å². The lowest BCUT2D eigenvalue weighted by Gasteiger charge is -2.17. The Labute approximate surface area is 151 Å². The average molecular weight is 351 g/mol. The minimum atomic E-state index is -0.104. The molecule has 0 radical (unpaired) electrons. The van der Waals surface area contributed by atoms with Crippen molar-refractivity contribution in [3.05, 3.63) is 54.0 Å². The van der Waals surface area contributed by atoms with E-state index >= 15 is 0 Å². The Morgan fingerprint density at radius 3 is 2.58 bits per heavy atom. The Balaban J connectivity index is 1.37. The molecule has 1 N–H and O–H groups in total. The predicted octanol–water partition coefficient (Wildman–Crippen LogP) is 1.69. The van der Waals surface area contributed by atoms with Gasteiger partial charge in [-0.15, -0.1) is 10.2 Å². The molecule has 3 heterocycles. The maximum atomic E-state index is 12.4. The first-order valence-electron chi connectivity index (χ1n) is 8.65. The van der Waals surface area contributed by atoms with Gasteiger partial charge in [0.15, 0.2) is 0 Å². The molecule has 0 atom stereocenters. The van der Waals surface area contributed by atoms with Gasteiger partial charge in [0.2, 0.25) is 0 Å². The van der Waals surface area contributed by atoms with E-state index < -0.39 is 0 Å². The van der Waals surface area contributed by atoms with Crippen molar-refractivity contribution in [2.45, 2.75) is 33.2 Å². The Hall–Kier alpha value is -3.03. The molecule has 1 amide bonds. The minimum absolute atomic E-state index is 0.104. The molecule has 0 unspecified atom stereocenters. The fourth-order valence-electron chi connectivity index (χ4n) is 3.08. The van der Waals surface area contributed by atoms with E-state index in [9.17, 15) is 4.79 Å². The van der Waals surface area contributed by atoms with Crippen molar-refractivity contribution < 1.29 is 4.79 Å². The van der Waals surface area contributed by atoms with Gasteiger partial charge >= 0.3 is 0 Å². The topological polar surface area (TPSA) is 90.5 Å². The third-order valence-corrected chi connectivity index (χ3v) is 4.86.